The molecule has 7 heteroatoms. The molecule has 0 aromatic heterocycles. The summed E-state index contributed by atoms with van der Waals surface area (Å²) in [7, 11) is 0. The Morgan fingerprint density at radius 3 is 2.24 bits per heavy atom. The van der Waals surface area contributed by atoms with Crippen LogP contribution in [-0.4, -0.2) is 41.8 Å². The standard InChI is InChI=1S/C26H23ClN2O4/c27-23-10-9-15(11-24(23)28)20-12-29(13-21(20)25(30)31)26(32)33-14-22-18-7-3-1-5-16(18)17-6-2-4-8-19(17)22/h1-11,20-22H,12-14,28H2,(H,30,31). The maximum absolute atomic E-state index is 13.0. The Morgan fingerprint density at radius 1 is 1.00 bits per heavy atom. The second kappa shape index (κ2) is 8.45. The molecule has 0 radical (unpaired) electrons. The molecule has 3 aromatic rings. The molecule has 6 nitrogen and oxygen atoms in total. The van der Waals surface area contributed by atoms with Crippen molar-refractivity contribution in [3.63, 3.8) is 0 Å². The lowest BCUT2D eigenvalue weighted by atomic mass is 9.89. The van der Waals surface area contributed by atoms with Gasteiger partial charge in [-0.05, 0) is 39.9 Å². The zero-order valence-corrected chi connectivity index (χ0v) is 18.5. The van der Waals surface area contributed by atoms with Crippen LogP contribution in [0, 0.1) is 5.92 Å². The first-order valence-corrected chi connectivity index (χ1v) is 11.2. The fourth-order valence-electron chi connectivity index (χ4n) is 5.02. The van der Waals surface area contributed by atoms with Gasteiger partial charge < -0.3 is 20.5 Å². The molecule has 0 spiro atoms. The number of hydrogen-bond donors (Lipinski definition) is 2. The van der Waals surface area contributed by atoms with Crippen LogP contribution in [0.2, 0.25) is 5.02 Å². The Kier molecular flexibility index (Phi) is 5.46. The van der Waals surface area contributed by atoms with E-state index < -0.39 is 18.0 Å². The van der Waals surface area contributed by atoms with Crippen LogP contribution < -0.4 is 5.73 Å². The fraction of sp³-hybridized carbons (Fsp3) is 0.231. The van der Waals surface area contributed by atoms with Crippen LogP contribution in [0.15, 0.2) is 66.7 Å². The van der Waals surface area contributed by atoms with Gasteiger partial charge in [0.25, 0.3) is 0 Å². The van der Waals surface area contributed by atoms with E-state index in [9.17, 15) is 14.7 Å². The van der Waals surface area contributed by atoms with Gasteiger partial charge >= 0.3 is 12.1 Å². The van der Waals surface area contributed by atoms with Gasteiger partial charge in [0.2, 0.25) is 0 Å². The third-order valence-electron chi connectivity index (χ3n) is 6.68. The highest BCUT2D eigenvalue weighted by Crippen LogP contribution is 2.44. The predicted molar refractivity (Wildman–Crippen MR) is 126 cm³/mol. The quantitative estimate of drug-likeness (QED) is 0.534. The zero-order chi connectivity index (χ0) is 23.1. The summed E-state index contributed by atoms with van der Waals surface area (Å²) in [4.78, 5) is 26.3. The highest BCUT2D eigenvalue weighted by molar-refractivity contribution is 6.33. The molecule has 3 aromatic carbocycles. The summed E-state index contributed by atoms with van der Waals surface area (Å²) in [5.74, 6) is -2.14. The number of fused-ring (bicyclic) bond motifs is 3. The van der Waals surface area contributed by atoms with E-state index in [1.54, 1.807) is 18.2 Å². The van der Waals surface area contributed by atoms with E-state index in [0.29, 0.717) is 10.7 Å². The molecule has 2 atom stereocenters. The van der Waals surface area contributed by atoms with E-state index in [-0.39, 0.29) is 31.5 Å². The van der Waals surface area contributed by atoms with Crippen LogP contribution in [0.1, 0.15) is 28.5 Å². The van der Waals surface area contributed by atoms with Gasteiger partial charge in [0.05, 0.1) is 16.6 Å². The minimum atomic E-state index is -0.956. The predicted octanol–water partition coefficient (Wildman–Crippen LogP) is 4.97. The van der Waals surface area contributed by atoms with Crippen molar-refractivity contribution in [2.75, 3.05) is 25.4 Å². The van der Waals surface area contributed by atoms with Gasteiger partial charge in [-0.25, -0.2) is 4.79 Å². The van der Waals surface area contributed by atoms with Crippen molar-refractivity contribution < 1.29 is 19.4 Å². The lowest BCUT2D eigenvalue weighted by Gasteiger charge is -2.19. The Hall–Kier alpha value is -3.51. The lowest BCUT2D eigenvalue weighted by Crippen LogP contribution is -2.31. The van der Waals surface area contributed by atoms with E-state index in [1.165, 1.54) is 4.90 Å². The third-order valence-corrected chi connectivity index (χ3v) is 7.02. The number of anilines is 1. The minimum Gasteiger partial charge on any atom is -0.481 e. The van der Waals surface area contributed by atoms with Crippen molar-refractivity contribution in [2.24, 2.45) is 5.92 Å². The van der Waals surface area contributed by atoms with Gasteiger partial charge in [-0.15, -0.1) is 0 Å². The average Bonchev–Trinajstić information content (AvgIpc) is 3.40. The van der Waals surface area contributed by atoms with Gasteiger partial charge in [-0.2, -0.15) is 0 Å². The molecular weight excluding hydrogens is 440 g/mol. The van der Waals surface area contributed by atoms with Gasteiger partial charge in [0.15, 0.2) is 0 Å². The maximum Gasteiger partial charge on any atom is 0.409 e. The zero-order valence-electron chi connectivity index (χ0n) is 17.8. The van der Waals surface area contributed by atoms with Crippen molar-refractivity contribution in [2.45, 2.75) is 11.8 Å². The number of carbonyl (C=O) groups is 2. The molecule has 1 heterocycles. The van der Waals surface area contributed by atoms with E-state index in [0.717, 1.165) is 27.8 Å². The number of ether oxygens (including phenoxy) is 1. The van der Waals surface area contributed by atoms with Crippen LogP contribution in [0.25, 0.3) is 11.1 Å². The number of nitrogens with zero attached hydrogens (tertiary/aromatic N) is 1. The van der Waals surface area contributed by atoms with E-state index in [4.69, 9.17) is 22.1 Å². The molecule has 168 valence electrons. The van der Waals surface area contributed by atoms with E-state index >= 15 is 0 Å². The molecule has 33 heavy (non-hydrogen) atoms. The number of likely N-dealkylation sites (tertiary alicyclic amines) is 1. The normalized spacial score (nSPS) is 19.2. The molecule has 0 saturated carbocycles. The van der Waals surface area contributed by atoms with Crippen LogP contribution in [-0.2, 0) is 9.53 Å². The van der Waals surface area contributed by atoms with Crippen molar-refractivity contribution >= 4 is 29.4 Å². The fourth-order valence-corrected chi connectivity index (χ4v) is 5.14. The van der Waals surface area contributed by atoms with Crippen molar-refractivity contribution in [1.29, 1.82) is 0 Å². The Labute approximate surface area is 196 Å². The van der Waals surface area contributed by atoms with Gasteiger partial charge in [0.1, 0.15) is 6.61 Å². The highest BCUT2D eigenvalue weighted by Gasteiger charge is 2.41. The number of hydrogen-bond acceptors (Lipinski definition) is 4. The molecule has 1 saturated heterocycles. The summed E-state index contributed by atoms with van der Waals surface area (Å²) in [6.07, 6.45) is -0.507. The summed E-state index contributed by atoms with van der Waals surface area (Å²) < 4.78 is 5.73. The van der Waals surface area contributed by atoms with Crippen LogP contribution in [0.5, 0.6) is 0 Å². The smallest absolute Gasteiger partial charge is 0.409 e. The van der Waals surface area contributed by atoms with Gasteiger partial charge in [-0.1, -0.05) is 66.2 Å². The molecule has 1 aliphatic carbocycles. The first-order valence-electron chi connectivity index (χ1n) is 10.8. The van der Waals surface area contributed by atoms with Crippen LogP contribution in [0.4, 0.5) is 10.5 Å². The van der Waals surface area contributed by atoms with Gasteiger partial charge in [-0.3, -0.25) is 4.79 Å². The second-order valence-electron chi connectivity index (χ2n) is 8.54. The largest absolute Gasteiger partial charge is 0.481 e. The number of halogens is 1. The Balaban J connectivity index is 1.32. The molecule has 0 bridgehead atoms. The van der Waals surface area contributed by atoms with Gasteiger partial charge in [0, 0.05) is 24.9 Å². The maximum atomic E-state index is 13.0. The monoisotopic (exact) mass is 462 g/mol. The summed E-state index contributed by atoms with van der Waals surface area (Å²) >= 11 is 6.01. The minimum absolute atomic E-state index is 0.0499. The van der Waals surface area contributed by atoms with Crippen LogP contribution in [0.3, 0.4) is 0 Å². The highest BCUT2D eigenvalue weighted by atomic mass is 35.5. The molecule has 1 aliphatic heterocycles. The van der Waals surface area contributed by atoms with E-state index in [2.05, 4.69) is 24.3 Å². The Bertz CT molecular complexity index is 1200. The third kappa shape index (κ3) is 3.80. The first-order chi connectivity index (χ1) is 15.9. The lowest BCUT2D eigenvalue weighted by molar-refractivity contribution is -0.141. The number of rotatable bonds is 4. The molecule has 2 aliphatic rings. The number of aliphatic carboxylic acids is 1. The number of carboxylic acids is 1. The molecule has 1 amide bonds. The van der Waals surface area contributed by atoms with Crippen molar-refractivity contribution in [1.82, 2.24) is 4.90 Å². The summed E-state index contributed by atoms with van der Waals surface area (Å²) in [5, 5.41) is 10.2. The number of nitrogens with two attached hydrogens (primary N) is 1. The molecule has 3 N–H and O–H groups in total. The average molecular weight is 463 g/mol. The summed E-state index contributed by atoms with van der Waals surface area (Å²) in [5.41, 5.74) is 11.6. The summed E-state index contributed by atoms with van der Waals surface area (Å²) in [6.45, 7) is 0.521. The molecule has 5 rings (SSSR count). The number of benzene rings is 3. The second-order valence-corrected chi connectivity index (χ2v) is 8.95. The molecule has 1 fully saturated rings. The molecule has 2 unspecified atom stereocenters. The van der Waals surface area contributed by atoms with E-state index in [1.807, 2.05) is 24.3 Å². The Morgan fingerprint density at radius 2 is 1.64 bits per heavy atom. The van der Waals surface area contributed by atoms with Crippen LogP contribution >= 0.6 is 11.6 Å². The van der Waals surface area contributed by atoms with Crippen molar-refractivity contribution in [3.8, 4) is 11.1 Å². The first kappa shape index (κ1) is 21.3. The number of nitrogen functional groups attached to an aromatic ring is 1. The summed E-state index contributed by atoms with van der Waals surface area (Å²) in [6, 6.07) is 21.4. The number of carbonyl (C=O) groups excluding carboxylic acids is 1. The molecular formula is C26H23ClN2O4. The van der Waals surface area contributed by atoms with Crippen molar-refractivity contribution in [3.05, 3.63) is 88.4 Å². The SMILES string of the molecule is Nc1cc(C2CN(C(=O)OCC3c4ccccc4-c4ccccc43)CC2C(=O)O)ccc1Cl. The number of carboxylic acid groups (broad SMARTS) is 1. The number of amides is 1. The topological polar surface area (TPSA) is 92.9 Å².